The lowest BCUT2D eigenvalue weighted by atomic mass is 9.92. The largest absolute Gasteiger partial charge is 0.489 e. The smallest absolute Gasteiger partial charge is 0.255 e. The van der Waals surface area contributed by atoms with E-state index in [9.17, 15) is 4.79 Å². The van der Waals surface area contributed by atoms with Crippen LogP contribution < -0.4 is 15.0 Å². The normalized spacial score (nSPS) is 20.8. The molecule has 1 aromatic heterocycles. The minimum absolute atomic E-state index is 0.0675. The number of ether oxygens (including phenoxy) is 2. The van der Waals surface area contributed by atoms with Crippen molar-refractivity contribution >= 4 is 17.4 Å². The van der Waals surface area contributed by atoms with Crippen LogP contribution in [0.3, 0.4) is 0 Å². The molecule has 1 aliphatic carbocycles. The van der Waals surface area contributed by atoms with E-state index in [1.165, 1.54) is 0 Å². The summed E-state index contributed by atoms with van der Waals surface area (Å²) in [5.74, 6) is 1.99. The highest BCUT2D eigenvalue weighted by Gasteiger charge is 2.28. The predicted molar refractivity (Wildman–Crippen MR) is 122 cm³/mol. The number of anilines is 2. The number of carbonyl (C=O) groups excluding carboxylic acids is 1. The van der Waals surface area contributed by atoms with Crippen molar-refractivity contribution in [3.05, 3.63) is 47.7 Å². The molecule has 1 N–H and O–H groups in total. The van der Waals surface area contributed by atoms with Crippen LogP contribution in [0.2, 0.25) is 0 Å². The van der Waals surface area contributed by atoms with E-state index >= 15 is 0 Å². The van der Waals surface area contributed by atoms with Gasteiger partial charge in [0, 0.05) is 18.8 Å². The number of aromatic nitrogens is 1. The number of hydrogen-bond donors (Lipinski definition) is 1. The molecule has 2 aromatic rings. The van der Waals surface area contributed by atoms with Gasteiger partial charge in [0.2, 0.25) is 0 Å². The molecule has 1 fully saturated rings. The zero-order valence-corrected chi connectivity index (χ0v) is 18.8. The molecule has 1 aliphatic heterocycles. The Kier molecular flexibility index (Phi) is 6.76. The maximum atomic E-state index is 13.1. The Labute approximate surface area is 185 Å². The van der Waals surface area contributed by atoms with Crippen LogP contribution in [-0.4, -0.2) is 42.8 Å². The van der Waals surface area contributed by atoms with Gasteiger partial charge in [0.25, 0.3) is 5.91 Å². The Morgan fingerprint density at radius 1 is 1.23 bits per heavy atom. The summed E-state index contributed by atoms with van der Waals surface area (Å²) in [7, 11) is 0. The lowest BCUT2D eigenvalue weighted by Gasteiger charge is -2.32. The van der Waals surface area contributed by atoms with Gasteiger partial charge in [0.1, 0.15) is 12.4 Å². The van der Waals surface area contributed by atoms with Crippen molar-refractivity contribution in [2.75, 3.05) is 24.7 Å². The molecule has 2 heterocycles. The zero-order chi connectivity index (χ0) is 21.8. The van der Waals surface area contributed by atoms with E-state index in [-0.39, 0.29) is 11.9 Å². The van der Waals surface area contributed by atoms with Crippen LogP contribution in [0.5, 0.6) is 5.75 Å². The van der Waals surface area contributed by atoms with Gasteiger partial charge in [-0.3, -0.25) is 4.79 Å². The van der Waals surface area contributed by atoms with Gasteiger partial charge in [-0.05, 0) is 62.3 Å². The van der Waals surface area contributed by atoms with E-state index in [4.69, 9.17) is 9.47 Å². The minimum Gasteiger partial charge on any atom is -0.489 e. The van der Waals surface area contributed by atoms with Crippen LogP contribution in [0.1, 0.15) is 55.5 Å². The molecular formula is C25H33N3O3. The van der Waals surface area contributed by atoms with Gasteiger partial charge in [-0.1, -0.05) is 26.0 Å². The molecule has 0 spiro atoms. The number of para-hydroxylation sites is 1. The van der Waals surface area contributed by atoms with Gasteiger partial charge in [0.05, 0.1) is 23.9 Å². The number of nitrogens with zero attached hydrogens (tertiary/aromatic N) is 2. The highest BCUT2D eigenvalue weighted by Crippen LogP contribution is 2.38. The second-order valence-corrected chi connectivity index (χ2v) is 9.02. The minimum atomic E-state index is -0.0675. The molecule has 1 amide bonds. The first-order chi connectivity index (χ1) is 15.0. The maximum absolute atomic E-state index is 13.1. The van der Waals surface area contributed by atoms with Crippen LogP contribution in [0.25, 0.3) is 0 Å². The average Bonchev–Trinajstić information content (AvgIpc) is 2.78. The SMILES string of the molecule is Cc1ccc(N2CCOc3c(C(=O)NC4CCC(OCC(C)C)CC4)cccc32)nc1. The molecule has 0 radical (unpaired) electrons. The summed E-state index contributed by atoms with van der Waals surface area (Å²) in [6.45, 7) is 8.40. The van der Waals surface area contributed by atoms with Crippen LogP contribution in [0, 0.1) is 12.8 Å². The van der Waals surface area contributed by atoms with Gasteiger partial charge in [-0.2, -0.15) is 0 Å². The molecule has 0 bridgehead atoms. The van der Waals surface area contributed by atoms with Crippen LogP contribution in [-0.2, 0) is 4.74 Å². The Morgan fingerprint density at radius 2 is 2.03 bits per heavy atom. The monoisotopic (exact) mass is 423 g/mol. The first-order valence-electron chi connectivity index (χ1n) is 11.4. The third-order valence-corrected chi connectivity index (χ3v) is 5.94. The number of aryl methyl sites for hydroxylation is 1. The van der Waals surface area contributed by atoms with E-state index in [0.717, 1.165) is 49.4 Å². The summed E-state index contributed by atoms with van der Waals surface area (Å²) in [6, 6.07) is 9.99. The zero-order valence-electron chi connectivity index (χ0n) is 18.8. The van der Waals surface area contributed by atoms with E-state index in [1.54, 1.807) is 0 Å². The first-order valence-corrected chi connectivity index (χ1v) is 11.4. The first kappa shape index (κ1) is 21.6. The summed E-state index contributed by atoms with van der Waals surface area (Å²) >= 11 is 0. The fraction of sp³-hybridized carbons (Fsp3) is 0.520. The van der Waals surface area contributed by atoms with Crippen LogP contribution in [0.4, 0.5) is 11.5 Å². The van der Waals surface area contributed by atoms with Crippen LogP contribution in [0.15, 0.2) is 36.5 Å². The molecule has 0 unspecified atom stereocenters. The van der Waals surface area contributed by atoms with Crippen LogP contribution >= 0.6 is 0 Å². The fourth-order valence-corrected chi connectivity index (χ4v) is 4.25. The third-order valence-electron chi connectivity index (χ3n) is 5.94. The number of pyridine rings is 1. The number of hydrogen-bond acceptors (Lipinski definition) is 5. The van der Waals surface area contributed by atoms with E-state index < -0.39 is 0 Å². The molecule has 0 saturated heterocycles. The molecular weight excluding hydrogens is 390 g/mol. The summed E-state index contributed by atoms with van der Waals surface area (Å²) in [5.41, 5.74) is 2.60. The van der Waals surface area contributed by atoms with Crippen molar-refractivity contribution in [3.63, 3.8) is 0 Å². The predicted octanol–water partition coefficient (Wildman–Crippen LogP) is 4.63. The molecule has 31 heavy (non-hydrogen) atoms. The van der Waals surface area contributed by atoms with Crippen molar-refractivity contribution in [2.24, 2.45) is 5.92 Å². The summed E-state index contributed by atoms with van der Waals surface area (Å²) < 4.78 is 11.9. The van der Waals surface area contributed by atoms with Gasteiger partial charge in [-0.25, -0.2) is 4.98 Å². The molecule has 6 nitrogen and oxygen atoms in total. The second-order valence-electron chi connectivity index (χ2n) is 9.02. The molecule has 0 atom stereocenters. The molecule has 2 aliphatic rings. The number of amides is 1. The van der Waals surface area contributed by atoms with Gasteiger partial charge in [0.15, 0.2) is 5.75 Å². The van der Waals surface area contributed by atoms with Crippen molar-refractivity contribution in [1.29, 1.82) is 0 Å². The number of rotatable bonds is 6. The van der Waals surface area contributed by atoms with Gasteiger partial charge < -0.3 is 19.7 Å². The molecule has 1 aromatic carbocycles. The number of carbonyl (C=O) groups is 1. The molecule has 4 rings (SSSR count). The highest BCUT2D eigenvalue weighted by atomic mass is 16.5. The number of nitrogens with one attached hydrogen (secondary N) is 1. The fourth-order valence-electron chi connectivity index (χ4n) is 4.25. The number of benzene rings is 1. The Balaban J connectivity index is 1.43. The van der Waals surface area contributed by atoms with E-state index in [0.29, 0.717) is 36.5 Å². The standard InChI is InChI=1S/C25H33N3O3/c1-17(2)16-31-20-10-8-19(9-11-20)27-25(29)21-5-4-6-22-24(21)30-14-13-28(22)23-12-7-18(3)15-26-23/h4-7,12,15,17,19-20H,8-11,13-14,16H2,1-3H3,(H,27,29). The molecule has 1 saturated carbocycles. The summed E-state index contributed by atoms with van der Waals surface area (Å²) in [6.07, 6.45) is 6.07. The Morgan fingerprint density at radius 3 is 2.74 bits per heavy atom. The average molecular weight is 424 g/mol. The van der Waals surface area contributed by atoms with Crippen molar-refractivity contribution < 1.29 is 14.3 Å². The Bertz CT molecular complexity index is 889. The number of fused-ring (bicyclic) bond motifs is 1. The van der Waals surface area contributed by atoms with Gasteiger partial charge in [-0.15, -0.1) is 0 Å². The maximum Gasteiger partial charge on any atom is 0.255 e. The molecule has 166 valence electrons. The van der Waals surface area contributed by atoms with Crippen molar-refractivity contribution in [2.45, 2.75) is 58.6 Å². The summed E-state index contributed by atoms with van der Waals surface area (Å²) in [5, 5.41) is 3.22. The second kappa shape index (κ2) is 9.69. The lowest BCUT2D eigenvalue weighted by molar-refractivity contribution is 0.00858. The van der Waals surface area contributed by atoms with Crippen molar-refractivity contribution in [1.82, 2.24) is 10.3 Å². The Hall–Kier alpha value is -2.60. The lowest BCUT2D eigenvalue weighted by Crippen LogP contribution is -2.40. The molecule has 6 heteroatoms. The van der Waals surface area contributed by atoms with Gasteiger partial charge >= 0.3 is 0 Å². The highest BCUT2D eigenvalue weighted by molar-refractivity contribution is 5.99. The van der Waals surface area contributed by atoms with E-state index in [2.05, 4.69) is 35.1 Å². The van der Waals surface area contributed by atoms with E-state index in [1.807, 2.05) is 37.4 Å². The third kappa shape index (κ3) is 5.18. The van der Waals surface area contributed by atoms with Crippen molar-refractivity contribution in [3.8, 4) is 5.75 Å². The topological polar surface area (TPSA) is 63.7 Å². The summed E-state index contributed by atoms with van der Waals surface area (Å²) in [4.78, 5) is 19.8. The quantitative estimate of drug-likeness (QED) is 0.734.